The summed E-state index contributed by atoms with van der Waals surface area (Å²) in [5, 5.41) is 8.92. The summed E-state index contributed by atoms with van der Waals surface area (Å²) in [6.07, 6.45) is 1.23. The summed E-state index contributed by atoms with van der Waals surface area (Å²) in [7, 11) is 0. The largest absolute Gasteiger partial charge is 0.478 e. The van der Waals surface area contributed by atoms with E-state index >= 15 is 0 Å². The normalized spacial score (nSPS) is 14.9. The van der Waals surface area contributed by atoms with Crippen LogP contribution in [-0.2, 0) is 11.3 Å². The Hall–Kier alpha value is -3.16. The van der Waals surface area contributed by atoms with Gasteiger partial charge in [0.05, 0.1) is 5.56 Å². The lowest BCUT2D eigenvalue weighted by Crippen LogP contribution is -2.41. The Balaban J connectivity index is 1.57. The van der Waals surface area contributed by atoms with Gasteiger partial charge >= 0.3 is 12.1 Å². The summed E-state index contributed by atoms with van der Waals surface area (Å²) in [5.74, 6) is -1.26. The predicted molar refractivity (Wildman–Crippen MR) is 112 cm³/mol. The molecule has 8 heteroatoms. The van der Waals surface area contributed by atoms with E-state index in [1.807, 2.05) is 32.9 Å². The number of carboxylic acid groups (broad SMARTS) is 1. The third kappa shape index (κ3) is 6.16. The number of carbonyl (C=O) groups excluding carboxylic acids is 1. The van der Waals surface area contributed by atoms with Crippen molar-refractivity contribution in [2.75, 3.05) is 13.1 Å². The molecular formula is C23H27FN2O5. The molecule has 1 fully saturated rings. The quantitative estimate of drug-likeness (QED) is 0.745. The van der Waals surface area contributed by atoms with Gasteiger partial charge in [-0.2, -0.15) is 0 Å². The van der Waals surface area contributed by atoms with Crippen molar-refractivity contribution in [2.45, 2.75) is 51.7 Å². The van der Waals surface area contributed by atoms with Crippen molar-refractivity contribution in [3.8, 4) is 5.88 Å². The summed E-state index contributed by atoms with van der Waals surface area (Å²) >= 11 is 0. The van der Waals surface area contributed by atoms with Crippen molar-refractivity contribution in [1.82, 2.24) is 9.88 Å². The molecule has 1 amide bonds. The SMILES string of the molecule is CC(C)(C)OC(=O)N1CCC(c2cccc(OCc3ccc(C(=O)O)cc3F)n2)CC1. The second kappa shape index (κ2) is 9.32. The van der Waals surface area contributed by atoms with E-state index in [0.717, 1.165) is 24.6 Å². The molecule has 0 saturated carbocycles. The van der Waals surface area contributed by atoms with E-state index in [9.17, 15) is 14.0 Å². The van der Waals surface area contributed by atoms with Gasteiger partial charge < -0.3 is 19.5 Å². The highest BCUT2D eigenvalue weighted by molar-refractivity contribution is 5.87. The average Bonchev–Trinajstić information content (AvgIpc) is 2.72. The third-order valence-electron chi connectivity index (χ3n) is 4.99. The number of ether oxygens (including phenoxy) is 2. The first kappa shape index (κ1) is 22.5. The highest BCUT2D eigenvalue weighted by atomic mass is 19.1. The van der Waals surface area contributed by atoms with Crippen molar-refractivity contribution >= 4 is 12.1 Å². The molecule has 2 heterocycles. The number of nitrogens with zero attached hydrogens (tertiary/aromatic N) is 2. The molecule has 2 aromatic rings. The molecule has 166 valence electrons. The maximum absolute atomic E-state index is 14.1. The van der Waals surface area contributed by atoms with Crippen LogP contribution in [0, 0.1) is 5.82 Å². The Morgan fingerprint density at radius 1 is 1.19 bits per heavy atom. The van der Waals surface area contributed by atoms with Crippen LogP contribution in [0.1, 0.15) is 61.1 Å². The topological polar surface area (TPSA) is 89.0 Å². The van der Waals surface area contributed by atoms with Crippen molar-refractivity contribution < 1.29 is 28.6 Å². The van der Waals surface area contributed by atoms with Crippen LogP contribution < -0.4 is 4.74 Å². The molecule has 1 aromatic heterocycles. The molecule has 0 unspecified atom stereocenters. The van der Waals surface area contributed by atoms with E-state index in [-0.39, 0.29) is 29.7 Å². The van der Waals surface area contributed by atoms with E-state index in [1.54, 1.807) is 11.0 Å². The molecule has 1 saturated heterocycles. The molecule has 7 nitrogen and oxygen atoms in total. The summed E-state index contributed by atoms with van der Waals surface area (Å²) in [4.78, 5) is 29.4. The molecule has 0 bridgehead atoms. The van der Waals surface area contributed by atoms with Gasteiger partial charge in [-0.3, -0.25) is 0 Å². The molecule has 1 aliphatic rings. The molecule has 1 aromatic carbocycles. The second-order valence-corrected chi connectivity index (χ2v) is 8.54. The van der Waals surface area contributed by atoms with Gasteiger partial charge in [0.15, 0.2) is 0 Å². The molecule has 1 aliphatic heterocycles. The maximum Gasteiger partial charge on any atom is 0.410 e. The third-order valence-corrected chi connectivity index (χ3v) is 4.99. The minimum atomic E-state index is -1.18. The van der Waals surface area contributed by atoms with Crippen LogP contribution in [0.15, 0.2) is 36.4 Å². The summed E-state index contributed by atoms with van der Waals surface area (Å²) in [6.45, 7) is 6.67. The number of hydrogen-bond donors (Lipinski definition) is 1. The fourth-order valence-electron chi connectivity index (χ4n) is 3.37. The van der Waals surface area contributed by atoms with Crippen LogP contribution in [-0.4, -0.2) is 45.7 Å². The fourth-order valence-corrected chi connectivity index (χ4v) is 3.37. The van der Waals surface area contributed by atoms with Gasteiger partial charge in [0.2, 0.25) is 5.88 Å². The molecule has 3 rings (SSSR count). The van der Waals surface area contributed by atoms with E-state index in [4.69, 9.17) is 14.6 Å². The lowest BCUT2D eigenvalue weighted by Gasteiger charge is -2.33. The van der Waals surface area contributed by atoms with Gasteiger partial charge in [0, 0.05) is 36.3 Å². The van der Waals surface area contributed by atoms with Crippen LogP contribution in [0.3, 0.4) is 0 Å². The van der Waals surface area contributed by atoms with Crippen LogP contribution >= 0.6 is 0 Å². The standard InChI is InChI=1S/C23H27FN2O5/c1-23(2,3)31-22(29)26-11-9-15(10-12-26)19-5-4-6-20(25-19)30-14-17-8-7-16(21(27)28)13-18(17)24/h4-8,13,15H,9-12,14H2,1-3H3,(H,27,28). The number of carboxylic acids is 1. The van der Waals surface area contributed by atoms with Gasteiger partial charge in [0.1, 0.15) is 18.0 Å². The Morgan fingerprint density at radius 2 is 1.90 bits per heavy atom. The van der Waals surface area contributed by atoms with E-state index in [1.165, 1.54) is 12.1 Å². The zero-order chi connectivity index (χ0) is 22.6. The summed E-state index contributed by atoms with van der Waals surface area (Å²) < 4.78 is 25.1. The first-order valence-corrected chi connectivity index (χ1v) is 10.2. The lowest BCUT2D eigenvalue weighted by atomic mass is 9.93. The number of pyridine rings is 1. The minimum absolute atomic E-state index is 0.0563. The Labute approximate surface area is 180 Å². The Morgan fingerprint density at radius 3 is 2.52 bits per heavy atom. The molecule has 0 spiro atoms. The molecule has 31 heavy (non-hydrogen) atoms. The van der Waals surface area contributed by atoms with E-state index in [0.29, 0.717) is 19.0 Å². The summed E-state index contributed by atoms with van der Waals surface area (Å²) in [6, 6.07) is 9.16. The maximum atomic E-state index is 14.1. The van der Waals surface area contributed by atoms with Crippen LogP contribution in [0.25, 0.3) is 0 Å². The smallest absolute Gasteiger partial charge is 0.410 e. The van der Waals surface area contributed by atoms with Gasteiger partial charge in [-0.1, -0.05) is 12.1 Å². The number of aromatic carboxylic acids is 1. The lowest BCUT2D eigenvalue weighted by molar-refractivity contribution is 0.0203. The zero-order valence-corrected chi connectivity index (χ0v) is 17.9. The summed E-state index contributed by atoms with van der Waals surface area (Å²) in [5.41, 5.74) is 0.485. The second-order valence-electron chi connectivity index (χ2n) is 8.54. The number of aromatic nitrogens is 1. The number of likely N-dealkylation sites (tertiary alicyclic amines) is 1. The predicted octanol–water partition coefficient (Wildman–Crippen LogP) is 4.61. The molecule has 0 atom stereocenters. The number of carbonyl (C=O) groups is 2. The van der Waals surface area contributed by atoms with Crippen molar-refractivity contribution in [2.24, 2.45) is 0 Å². The number of rotatable bonds is 5. The number of benzene rings is 1. The number of amides is 1. The molecule has 0 aliphatic carbocycles. The number of halogens is 1. The first-order chi connectivity index (χ1) is 14.6. The van der Waals surface area contributed by atoms with Gasteiger partial charge in [-0.05, 0) is 51.8 Å². The average molecular weight is 430 g/mol. The van der Waals surface area contributed by atoms with Gasteiger partial charge in [-0.15, -0.1) is 0 Å². The van der Waals surface area contributed by atoms with Gasteiger partial charge in [0.25, 0.3) is 0 Å². The minimum Gasteiger partial charge on any atom is -0.478 e. The Kier molecular flexibility index (Phi) is 6.77. The molecule has 0 radical (unpaired) electrons. The van der Waals surface area contributed by atoms with Crippen molar-refractivity contribution in [3.63, 3.8) is 0 Å². The Bertz CT molecular complexity index is 949. The first-order valence-electron chi connectivity index (χ1n) is 10.2. The highest BCUT2D eigenvalue weighted by Gasteiger charge is 2.28. The fraction of sp³-hybridized carbons (Fsp3) is 0.435. The van der Waals surface area contributed by atoms with Crippen LogP contribution in [0.4, 0.5) is 9.18 Å². The van der Waals surface area contributed by atoms with Crippen LogP contribution in [0.5, 0.6) is 5.88 Å². The number of piperidine rings is 1. The molecule has 1 N–H and O–H groups in total. The van der Waals surface area contributed by atoms with Crippen LogP contribution in [0.2, 0.25) is 0 Å². The molecular weight excluding hydrogens is 403 g/mol. The van der Waals surface area contributed by atoms with E-state index in [2.05, 4.69) is 4.98 Å². The van der Waals surface area contributed by atoms with Gasteiger partial charge in [-0.25, -0.2) is 19.0 Å². The highest BCUT2D eigenvalue weighted by Crippen LogP contribution is 2.29. The van der Waals surface area contributed by atoms with Crippen molar-refractivity contribution in [3.05, 3.63) is 59.0 Å². The van der Waals surface area contributed by atoms with Crippen molar-refractivity contribution in [1.29, 1.82) is 0 Å². The number of hydrogen-bond acceptors (Lipinski definition) is 5. The zero-order valence-electron chi connectivity index (χ0n) is 17.9. The monoisotopic (exact) mass is 430 g/mol. The van der Waals surface area contributed by atoms with E-state index < -0.39 is 17.4 Å².